The number of aromatic nitrogens is 1. The number of nitrogen functional groups attached to an aromatic ring is 2. The molecule has 0 aliphatic heterocycles. The third kappa shape index (κ3) is 2.87. The predicted octanol–water partition coefficient (Wildman–Crippen LogP) is 3.50. The summed E-state index contributed by atoms with van der Waals surface area (Å²) >= 11 is 0. The summed E-state index contributed by atoms with van der Waals surface area (Å²) in [5.74, 6) is 0.534. The van der Waals surface area contributed by atoms with E-state index in [2.05, 4.69) is 17.1 Å². The molecule has 104 valence electrons. The lowest BCUT2D eigenvalue weighted by molar-refractivity contribution is 1.16. The Balaban J connectivity index is 1.97. The molecule has 0 saturated heterocycles. The van der Waals surface area contributed by atoms with Crippen LogP contribution in [0, 0.1) is 0 Å². The highest BCUT2D eigenvalue weighted by molar-refractivity contribution is 5.75. The Bertz CT molecular complexity index is 737. The number of benzene rings is 2. The minimum atomic E-state index is 0.534. The normalized spacial score (nSPS) is 10.5. The van der Waals surface area contributed by atoms with Gasteiger partial charge in [0.2, 0.25) is 0 Å². The molecule has 0 bridgehead atoms. The van der Waals surface area contributed by atoms with Crippen molar-refractivity contribution in [2.75, 3.05) is 11.5 Å². The van der Waals surface area contributed by atoms with Gasteiger partial charge in [-0.1, -0.05) is 60.7 Å². The summed E-state index contributed by atoms with van der Waals surface area (Å²) in [6, 6.07) is 21.9. The van der Waals surface area contributed by atoms with E-state index in [0.717, 1.165) is 23.2 Å². The van der Waals surface area contributed by atoms with Crippen molar-refractivity contribution < 1.29 is 0 Å². The van der Waals surface area contributed by atoms with E-state index in [1.165, 1.54) is 5.56 Å². The molecular weight excluding hydrogens is 258 g/mol. The average molecular weight is 275 g/mol. The van der Waals surface area contributed by atoms with E-state index >= 15 is 0 Å². The zero-order valence-electron chi connectivity index (χ0n) is 11.7. The molecule has 21 heavy (non-hydrogen) atoms. The Morgan fingerprint density at radius 2 is 1.43 bits per heavy atom. The quantitative estimate of drug-likeness (QED) is 0.768. The molecule has 0 aliphatic rings. The van der Waals surface area contributed by atoms with Crippen LogP contribution < -0.4 is 11.5 Å². The lowest BCUT2D eigenvalue weighted by atomic mass is 10.0. The number of anilines is 2. The number of hydrogen-bond donors (Lipinski definition) is 2. The number of nitrogens with zero attached hydrogens (tertiary/aromatic N) is 1. The van der Waals surface area contributed by atoms with Gasteiger partial charge < -0.3 is 11.5 Å². The van der Waals surface area contributed by atoms with Crippen molar-refractivity contribution in [3.05, 3.63) is 77.9 Å². The van der Waals surface area contributed by atoms with E-state index in [1.54, 1.807) is 0 Å². The number of pyridine rings is 1. The average Bonchev–Trinajstić information content (AvgIpc) is 2.52. The number of hydrogen-bond acceptors (Lipinski definition) is 3. The van der Waals surface area contributed by atoms with Gasteiger partial charge in [0, 0.05) is 17.5 Å². The highest BCUT2D eigenvalue weighted by atomic mass is 14.9. The molecule has 4 N–H and O–H groups in total. The largest absolute Gasteiger partial charge is 0.397 e. The molecule has 3 aromatic rings. The van der Waals surface area contributed by atoms with Crippen LogP contribution in [0.2, 0.25) is 0 Å². The van der Waals surface area contributed by atoms with Crippen molar-refractivity contribution in [3.8, 4) is 11.3 Å². The van der Waals surface area contributed by atoms with Gasteiger partial charge in [0.1, 0.15) is 5.82 Å². The molecule has 0 atom stereocenters. The fraction of sp³-hybridized carbons (Fsp3) is 0.0556. The van der Waals surface area contributed by atoms with Crippen molar-refractivity contribution in [2.45, 2.75) is 6.42 Å². The highest BCUT2D eigenvalue weighted by Gasteiger charge is 2.10. The number of nitrogens with two attached hydrogens (primary N) is 2. The summed E-state index contributed by atoms with van der Waals surface area (Å²) in [5.41, 5.74) is 16.8. The van der Waals surface area contributed by atoms with Crippen molar-refractivity contribution in [3.63, 3.8) is 0 Å². The molecule has 0 amide bonds. The molecule has 0 aliphatic carbocycles. The van der Waals surface area contributed by atoms with E-state index in [-0.39, 0.29) is 0 Å². The maximum atomic E-state index is 6.16. The first-order valence-corrected chi connectivity index (χ1v) is 6.88. The molecule has 3 heteroatoms. The SMILES string of the molecule is Nc1cc(Cc2ccccc2)c(N)nc1-c1ccccc1. The van der Waals surface area contributed by atoms with Gasteiger partial charge in [-0.2, -0.15) is 0 Å². The van der Waals surface area contributed by atoms with Gasteiger partial charge in [0.25, 0.3) is 0 Å². The molecule has 3 nitrogen and oxygen atoms in total. The first kappa shape index (κ1) is 13.2. The molecule has 2 aromatic carbocycles. The minimum Gasteiger partial charge on any atom is -0.397 e. The van der Waals surface area contributed by atoms with Crippen LogP contribution in [0.3, 0.4) is 0 Å². The molecule has 3 rings (SSSR count). The summed E-state index contributed by atoms with van der Waals surface area (Å²) in [6.07, 6.45) is 0.735. The van der Waals surface area contributed by atoms with Crippen LogP contribution >= 0.6 is 0 Å². The number of rotatable bonds is 3. The topological polar surface area (TPSA) is 64.9 Å². The Labute approximate surface area is 124 Å². The Hall–Kier alpha value is -2.81. The lowest BCUT2D eigenvalue weighted by Gasteiger charge is -2.11. The van der Waals surface area contributed by atoms with Crippen LogP contribution in [0.4, 0.5) is 11.5 Å². The van der Waals surface area contributed by atoms with Crippen LogP contribution in [0.15, 0.2) is 66.7 Å². The summed E-state index contributed by atoms with van der Waals surface area (Å²) in [6.45, 7) is 0. The van der Waals surface area contributed by atoms with Crippen LogP contribution in [-0.4, -0.2) is 4.98 Å². The van der Waals surface area contributed by atoms with Gasteiger partial charge in [-0.25, -0.2) is 4.98 Å². The maximum Gasteiger partial charge on any atom is 0.127 e. The molecule has 0 fully saturated rings. The molecule has 0 radical (unpaired) electrons. The van der Waals surface area contributed by atoms with Gasteiger partial charge in [-0.05, 0) is 11.6 Å². The minimum absolute atomic E-state index is 0.534. The summed E-state index contributed by atoms with van der Waals surface area (Å²) in [5, 5.41) is 0. The zero-order valence-corrected chi connectivity index (χ0v) is 11.7. The van der Waals surface area contributed by atoms with Crippen LogP contribution in [0.5, 0.6) is 0 Å². The van der Waals surface area contributed by atoms with Crippen LogP contribution in [-0.2, 0) is 6.42 Å². The fourth-order valence-electron chi connectivity index (χ4n) is 2.37. The van der Waals surface area contributed by atoms with E-state index in [4.69, 9.17) is 11.5 Å². The third-order valence-corrected chi connectivity index (χ3v) is 3.45. The van der Waals surface area contributed by atoms with Gasteiger partial charge >= 0.3 is 0 Å². The molecule has 0 saturated carbocycles. The first-order chi connectivity index (χ1) is 10.2. The van der Waals surface area contributed by atoms with Crippen LogP contribution in [0.25, 0.3) is 11.3 Å². The predicted molar refractivity (Wildman–Crippen MR) is 87.7 cm³/mol. The van der Waals surface area contributed by atoms with Gasteiger partial charge in [-0.15, -0.1) is 0 Å². The monoisotopic (exact) mass is 275 g/mol. The highest BCUT2D eigenvalue weighted by Crippen LogP contribution is 2.28. The third-order valence-electron chi connectivity index (χ3n) is 3.45. The smallest absolute Gasteiger partial charge is 0.127 e. The van der Waals surface area contributed by atoms with E-state index in [0.29, 0.717) is 11.5 Å². The molecule has 1 aromatic heterocycles. The van der Waals surface area contributed by atoms with Gasteiger partial charge in [0.15, 0.2) is 0 Å². The van der Waals surface area contributed by atoms with Crippen LogP contribution in [0.1, 0.15) is 11.1 Å². The van der Waals surface area contributed by atoms with E-state index < -0.39 is 0 Å². The van der Waals surface area contributed by atoms with Crippen molar-refractivity contribution in [1.29, 1.82) is 0 Å². The standard InChI is InChI=1S/C18H17N3/c19-16-12-15(11-13-7-3-1-4-8-13)18(20)21-17(16)14-9-5-2-6-10-14/h1-10,12H,11,19H2,(H2,20,21). The second kappa shape index (κ2) is 5.67. The summed E-state index contributed by atoms with van der Waals surface area (Å²) < 4.78 is 0. The molecule has 1 heterocycles. The second-order valence-electron chi connectivity index (χ2n) is 5.00. The lowest BCUT2D eigenvalue weighted by Crippen LogP contribution is -2.03. The van der Waals surface area contributed by atoms with Gasteiger partial charge in [-0.3, -0.25) is 0 Å². The van der Waals surface area contributed by atoms with Crippen molar-refractivity contribution >= 4 is 11.5 Å². The van der Waals surface area contributed by atoms with Crippen molar-refractivity contribution in [2.24, 2.45) is 0 Å². The Morgan fingerprint density at radius 3 is 2.10 bits per heavy atom. The second-order valence-corrected chi connectivity index (χ2v) is 5.00. The molecule has 0 spiro atoms. The van der Waals surface area contributed by atoms with Gasteiger partial charge in [0.05, 0.1) is 11.4 Å². The van der Waals surface area contributed by atoms with Crippen molar-refractivity contribution in [1.82, 2.24) is 4.98 Å². The molecule has 0 unspecified atom stereocenters. The van der Waals surface area contributed by atoms with E-state index in [9.17, 15) is 0 Å². The Morgan fingerprint density at radius 1 is 0.810 bits per heavy atom. The first-order valence-electron chi connectivity index (χ1n) is 6.88. The summed E-state index contributed by atoms with van der Waals surface area (Å²) in [7, 11) is 0. The fourth-order valence-corrected chi connectivity index (χ4v) is 2.37. The molecular formula is C18H17N3. The summed E-state index contributed by atoms with van der Waals surface area (Å²) in [4.78, 5) is 4.49. The van der Waals surface area contributed by atoms with E-state index in [1.807, 2.05) is 54.6 Å². The Kier molecular flexibility index (Phi) is 3.56. The zero-order chi connectivity index (χ0) is 14.7. The maximum absolute atomic E-state index is 6.16.